The first-order valence-electron chi connectivity index (χ1n) is 13.9. The third kappa shape index (κ3) is 5.53. The van der Waals surface area contributed by atoms with Crippen molar-refractivity contribution in [2.75, 3.05) is 24.2 Å². The lowest BCUT2D eigenvalue weighted by Gasteiger charge is -2.46. The summed E-state index contributed by atoms with van der Waals surface area (Å²) in [4.78, 5) is 27.1. The zero-order valence-electron chi connectivity index (χ0n) is 24.1. The van der Waals surface area contributed by atoms with E-state index < -0.39 is 5.60 Å². The topological polar surface area (TPSA) is 78.8 Å². The maximum absolute atomic E-state index is 12.9. The van der Waals surface area contributed by atoms with E-state index in [1.807, 2.05) is 50.1 Å². The van der Waals surface area contributed by atoms with Crippen LogP contribution in [0.15, 0.2) is 41.6 Å². The zero-order valence-corrected chi connectivity index (χ0v) is 24.9. The average molecular weight is 549 g/mol. The maximum atomic E-state index is 12.9. The smallest absolute Gasteiger partial charge is 0.410 e. The van der Waals surface area contributed by atoms with Crippen LogP contribution in [0.1, 0.15) is 64.3 Å². The number of carbonyl (C=O) groups is 1. The Labute approximate surface area is 236 Å². The largest absolute Gasteiger partial charge is 0.508 e. The second kappa shape index (κ2) is 10.5. The van der Waals surface area contributed by atoms with E-state index in [1.54, 1.807) is 11.8 Å². The standard InChI is InChI=1S/C31H40N4O3S/c1-18-12-26-27(15-24(18)25-14-22(36)13-21-10-8-9-11-23(21)25)32-29(39-7)33-28(26)35-19(2)16-34(17-20(35)3)30(37)38-31(4,5)6/h8-11,13-14,18-20,24,36H,12,15-17H2,1-7H3/t18?,19-,20-,24?/m0/s1. The lowest BCUT2D eigenvalue weighted by molar-refractivity contribution is 0.0192. The van der Waals surface area contributed by atoms with E-state index in [2.05, 4.69) is 43.9 Å². The van der Waals surface area contributed by atoms with Crippen molar-refractivity contribution >= 4 is 34.4 Å². The van der Waals surface area contributed by atoms with Crippen LogP contribution in [0.4, 0.5) is 10.6 Å². The molecule has 1 N–H and O–H groups in total. The SMILES string of the molecule is CSc1nc2c(c(N3[C@@H](C)CN(C(=O)OC(C)(C)C)C[C@@H]3C)n1)CC(C)C(c1cc(O)cc3ccccc13)C2. The number of phenols is 1. The monoisotopic (exact) mass is 548 g/mol. The molecule has 1 aromatic heterocycles. The van der Waals surface area contributed by atoms with Crippen LogP contribution in [0.3, 0.4) is 0 Å². The number of benzene rings is 2. The molecule has 1 fully saturated rings. The number of thioether (sulfide) groups is 1. The third-order valence-corrected chi connectivity index (χ3v) is 8.50. The minimum absolute atomic E-state index is 0.0815. The summed E-state index contributed by atoms with van der Waals surface area (Å²) in [5.41, 5.74) is 2.97. The summed E-state index contributed by atoms with van der Waals surface area (Å²) in [5, 5.41) is 13.5. The molecule has 0 radical (unpaired) electrons. The summed E-state index contributed by atoms with van der Waals surface area (Å²) >= 11 is 1.56. The molecule has 39 heavy (non-hydrogen) atoms. The highest BCUT2D eigenvalue weighted by molar-refractivity contribution is 7.98. The molecule has 5 rings (SSSR count). The van der Waals surface area contributed by atoms with E-state index >= 15 is 0 Å². The number of nitrogens with zero attached hydrogens (tertiary/aromatic N) is 4. The van der Waals surface area contributed by atoms with Crippen molar-refractivity contribution < 1.29 is 14.6 Å². The minimum Gasteiger partial charge on any atom is -0.508 e. The number of rotatable bonds is 3. The van der Waals surface area contributed by atoms with Gasteiger partial charge in [-0.15, -0.1) is 0 Å². The molecule has 0 bridgehead atoms. The van der Waals surface area contributed by atoms with Gasteiger partial charge in [-0.25, -0.2) is 14.8 Å². The summed E-state index contributed by atoms with van der Waals surface area (Å²) in [6, 6.07) is 12.2. The Morgan fingerprint density at radius 2 is 1.74 bits per heavy atom. The molecule has 0 saturated carbocycles. The number of piperazine rings is 1. The van der Waals surface area contributed by atoms with Gasteiger partial charge in [-0.05, 0) is 94.0 Å². The van der Waals surface area contributed by atoms with Crippen molar-refractivity contribution in [3.63, 3.8) is 0 Å². The van der Waals surface area contributed by atoms with Gasteiger partial charge in [0.1, 0.15) is 17.2 Å². The number of aromatic nitrogens is 2. The van der Waals surface area contributed by atoms with Gasteiger partial charge >= 0.3 is 6.09 Å². The molecule has 4 atom stereocenters. The predicted octanol–water partition coefficient (Wildman–Crippen LogP) is 6.41. The summed E-state index contributed by atoms with van der Waals surface area (Å²) < 4.78 is 5.67. The molecule has 7 nitrogen and oxygen atoms in total. The van der Waals surface area contributed by atoms with E-state index in [4.69, 9.17) is 14.7 Å². The fourth-order valence-electron chi connectivity index (χ4n) is 6.31. The summed E-state index contributed by atoms with van der Waals surface area (Å²) in [6.07, 6.45) is 3.42. The summed E-state index contributed by atoms with van der Waals surface area (Å²) in [6.45, 7) is 13.5. The number of fused-ring (bicyclic) bond motifs is 2. The molecule has 1 aliphatic carbocycles. The van der Waals surface area contributed by atoms with E-state index in [0.29, 0.717) is 24.8 Å². The van der Waals surface area contributed by atoms with E-state index in [1.165, 1.54) is 16.5 Å². The molecule has 8 heteroatoms. The lowest BCUT2D eigenvalue weighted by atomic mass is 9.74. The number of hydrogen-bond acceptors (Lipinski definition) is 7. The quantitative estimate of drug-likeness (QED) is 0.299. The van der Waals surface area contributed by atoms with Gasteiger partial charge in [-0.1, -0.05) is 43.0 Å². The predicted molar refractivity (Wildman–Crippen MR) is 158 cm³/mol. The molecule has 2 aliphatic rings. The number of hydrogen-bond donors (Lipinski definition) is 1. The van der Waals surface area contributed by atoms with Crippen molar-refractivity contribution in [3.8, 4) is 5.75 Å². The molecule has 1 amide bonds. The van der Waals surface area contributed by atoms with Crippen molar-refractivity contribution in [1.82, 2.24) is 14.9 Å². The van der Waals surface area contributed by atoms with Crippen molar-refractivity contribution in [2.45, 2.75) is 83.1 Å². The lowest BCUT2D eigenvalue weighted by Crippen LogP contribution is -2.59. The van der Waals surface area contributed by atoms with Crippen molar-refractivity contribution in [1.29, 1.82) is 0 Å². The normalized spacial score (nSPS) is 23.6. The highest BCUT2D eigenvalue weighted by Crippen LogP contribution is 2.43. The molecule has 2 heterocycles. The number of ether oxygens (including phenoxy) is 1. The van der Waals surface area contributed by atoms with Crippen LogP contribution >= 0.6 is 11.8 Å². The fraction of sp³-hybridized carbons (Fsp3) is 0.516. The van der Waals surface area contributed by atoms with Crippen molar-refractivity contribution in [2.24, 2.45) is 5.92 Å². The number of aromatic hydroxyl groups is 1. The zero-order chi connectivity index (χ0) is 28.1. The van der Waals surface area contributed by atoms with Crippen LogP contribution in [0, 0.1) is 5.92 Å². The Bertz CT molecular complexity index is 1380. The van der Waals surface area contributed by atoms with E-state index in [0.717, 1.165) is 34.9 Å². The first-order chi connectivity index (χ1) is 18.4. The summed E-state index contributed by atoms with van der Waals surface area (Å²) in [7, 11) is 0. The highest BCUT2D eigenvalue weighted by atomic mass is 32.2. The van der Waals surface area contributed by atoms with Crippen LogP contribution in [-0.4, -0.2) is 63.1 Å². The fourth-order valence-corrected chi connectivity index (χ4v) is 6.69. The molecule has 1 saturated heterocycles. The number of anilines is 1. The second-order valence-electron chi connectivity index (χ2n) is 12.2. The van der Waals surface area contributed by atoms with Crippen LogP contribution in [0.2, 0.25) is 0 Å². The molecule has 0 spiro atoms. The first kappa shape index (κ1) is 27.6. The maximum Gasteiger partial charge on any atom is 0.410 e. The van der Waals surface area contributed by atoms with Crippen LogP contribution in [0.25, 0.3) is 10.8 Å². The van der Waals surface area contributed by atoms with Gasteiger partial charge in [0, 0.05) is 30.7 Å². The number of carbonyl (C=O) groups excluding carboxylic acids is 1. The molecular formula is C31H40N4O3S. The molecular weight excluding hydrogens is 508 g/mol. The summed E-state index contributed by atoms with van der Waals surface area (Å²) in [5.74, 6) is 1.89. The Morgan fingerprint density at radius 1 is 1.05 bits per heavy atom. The van der Waals surface area contributed by atoms with Crippen LogP contribution < -0.4 is 4.90 Å². The van der Waals surface area contributed by atoms with Gasteiger partial charge in [0.25, 0.3) is 0 Å². The van der Waals surface area contributed by atoms with Crippen LogP contribution in [0.5, 0.6) is 5.75 Å². The number of amides is 1. The molecule has 208 valence electrons. The number of phenolic OH excluding ortho intramolecular Hbond substituents is 1. The van der Waals surface area contributed by atoms with E-state index in [9.17, 15) is 9.90 Å². The van der Waals surface area contributed by atoms with E-state index in [-0.39, 0.29) is 24.1 Å². The Hall–Kier alpha value is -3.00. The molecule has 2 aromatic carbocycles. The third-order valence-electron chi connectivity index (χ3n) is 7.95. The Morgan fingerprint density at radius 3 is 2.41 bits per heavy atom. The molecule has 2 unspecified atom stereocenters. The highest BCUT2D eigenvalue weighted by Gasteiger charge is 2.38. The first-order valence-corrected chi connectivity index (χ1v) is 15.1. The Kier molecular flexibility index (Phi) is 7.44. The molecule has 1 aliphatic heterocycles. The van der Waals surface area contributed by atoms with Crippen LogP contribution in [-0.2, 0) is 17.6 Å². The Balaban J connectivity index is 1.49. The second-order valence-corrected chi connectivity index (χ2v) is 13.0. The minimum atomic E-state index is -0.521. The van der Waals surface area contributed by atoms with Gasteiger partial charge in [0.2, 0.25) is 0 Å². The van der Waals surface area contributed by atoms with Gasteiger partial charge in [0.05, 0.1) is 5.69 Å². The van der Waals surface area contributed by atoms with Gasteiger partial charge in [0.15, 0.2) is 5.16 Å². The molecule has 3 aromatic rings. The van der Waals surface area contributed by atoms with Crippen molar-refractivity contribution in [3.05, 3.63) is 53.2 Å². The van der Waals surface area contributed by atoms with Gasteiger partial charge in [-0.2, -0.15) is 0 Å². The van der Waals surface area contributed by atoms with Gasteiger partial charge < -0.3 is 19.6 Å². The average Bonchev–Trinajstić information content (AvgIpc) is 2.86. The van der Waals surface area contributed by atoms with Gasteiger partial charge in [-0.3, -0.25) is 0 Å².